The highest BCUT2D eigenvalue weighted by Crippen LogP contribution is 2.29. The Morgan fingerprint density at radius 3 is 2.71 bits per heavy atom. The Labute approximate surface area is 111 Å². The van der Waals surface area contributed by atoms with E-state index in [0.717, 1.165) is 21.8 Å². The maximum absolute atomic E-state index is 11.3. The summed E-state index contributed by atoms with van der Waals surface area (Å²) in [5.41, 5.74) is 0.824. The number of ether oxygens (including phenoxy) is 1. The number of benzene rings is 1. The Hall–Kier alpha value is -1.27. The molecule has 1 aromatic rings. The van der Waals surface area contributed by atoms with Crippen LogP contribution in [0.25, 0.3) is 6.08 Å². The van der Waals surface area contributed by atoms with Gasteiger partial charge in [0.05, 0.1) is 16.5 Å². The Bertz CT molecular complexity index is 527. The first kappa shape index (κ1) is 12.2. The summed E-state index contributed by atoms with van der Waals surface area (Å²) in [7, 11) is 1.58. The van der Waals surface area contributed by atoms with Gasteiger partial charge in [0.2, 0.25) is 0 Å². The summed E-state index contributed by atoms with van der Waals surface area (Å²) < 4.78 is 5.90. The molecule has 0 spiro atoms. The largest absolute Gasteiger partial charge is 0.496 e. The molecule has 1 aliphatic heterocycles. The molecule has 1 aromatic carbocycles. The van der Waals surface area contributed by atoms with Gasteiger partial charge in [0.1, 0.15) is 5.75 Å². The van der Waals surface area contributed by atoms with E-state index in [0.29, 0.717) is 10.7 Å². The fourth-order valence-corrected chi connectivity index (χ4v) is 2.59. The van der Waals surface area contributed by atoms with Crippen LogP contribution in [0.2, 0.25) is 0 Å². The van der Waals surface area contributed by atoms with E-state index in [9.17, 15) is 9.59 Å². The molecule has 0 saturated carbocycles. The highest BCUT2D eigenvalue weighted by Gasteiger charge is 2.24. The molecule has 1 heterocycles. The molecule has 0 aromatic heterocycles. The molecule has 0 aliphatic carbocycles. The van der Waals surface area contributed by atoms with Gasteiger partial charge < -0.3 is 4.74 Å². The van der Waals surface area contributed by atoms with Gasteiger partial charge in [-0.15, -0.1) is 0 Å². The van der Waals surface area contributed by atoms with Crippen molar-refractivity contribution in [1.82, 2.24) is 5.32 Å². The predicted molar refractivity (Wildman–Crippen MR) is 69.8 cm³/mol. The number of thioether (sulfide) groups is 1. The van der Waals surface area contributed by atoms with Crippen LogP contribution < -0.4 is 10.1 Å². The van der Waals surface area contributed by atoms with Crippen LogP contribution in [0.4, 0.5) is 4.79 Å². The standard InChI is InChI=1S/C11H8BrNO3S/c1-16-8-3-2-6(4-7(8)12)5-9-10(14)13-11(15)17-9/h2-5H,1H3,(H,13,14,15). The van der Waals surface area contributed by atoms with Crippen molar-refractivity contribution in [3.63, 3.8) is 0 Å². The molecule has 1 saturated heterocycles. The third-order valence-electron chi connectivity index (χ3n) is 2.12. The van der Waals surface area contributed by atoms with Crippen molar-refractivity contribution in [1.29, 1.82) is 0 Å². The summed E-state index contributed by atoms with van der Waals surface area (Å²) in [6.45, 7) is 0. The van der Waals surface area contributed by atoms with Crippen LogP contribution in [0.1, 0.15) is 5.56 Å². The van der Waals surface area contributed by atoms with Crippen molar-refractivity contribution in [3.8, 4) is 5.75 Å². The first-order valence-corrected chi connectivity index (χ1v) is 6.29. The number of carbonyl (C=O) groups excluding carboxylic acids is 2. The number of hydrogen-bond acceptors (Lipinski definition) is 4. The van der Waals surface area contributed by atoms with Gasteiger partial charge in [0.15, 0.2) is 0 Å². The van der Waals surface area contributed by atoms with Gasteiger partial charge in [0.25, 0.3) is 11.1 Å². The smallest absolute Gasteiger partial charge is 0.290 e. The molecule has 2 amide bonds. The quantitative estimate of drug-likeness (QED) is 0.853. The van der Waals surface area contributed by atoms with Crippen molar-refractivity contribution in [2.45, 2.75) is 0 Å². The minimum absolute atomic E-state index is 0.339. The van der Waals surface area contributed by atoms with Crippen molar-refractivity contribution in [2.24, 2.45) is 0 Å². The van der Waals surface area contributed by atoms with E-state index >= 15 is 0 Å². The van der Waals surface area contributed by atoms with Crippen LogP contribution >= 0.6 is 27.7 Å². The molecule has 1 fully saturated rings. The van der Waals surface area contributed by atoms with Gasteiger partial charge in [-0.25, -0.2) is 0 Å². The minimum Gasteiger partial charge on any atom is -0.496 e. The molecule has 1 aliphatic rings. The number of hydrogen-bond donors (Lipinski definition) is 1. The lowest BCUT2D eigenvalue weighted by atomic mass is 10.2. The van der Waals surface area contributed by atoms with Gasteiger partial charge in [0, 0.05) is 0 Å². The number of imide groups is 1. The number of halogens is 1. The molecule has 4 nitrogen and oxygen atoms in total. The molecule has 1 N–H and O–H groups in total. The summed E-state index contributed by atoms with van der Waals surface area (Å²) in [4.78, 5) is 22.7. The second kappa shape index (κ2) is 4.93. The lowest BCUT2D eigenvalue weighted by Crippen LogP contribution is -2.17. The number of carbonyl (C=O) groups is 2. The summed E-state index contributed by atoms with van der Waals surface area (Å²) in [6.07, 6.45) is 1.66. The maximum atomic E-state index is 11.3. The number of methoxy groups -OCH3 is 1. The zero-order valence-electron chi connectivity index (χ0n) is 8.82. The van der Waals surface area contributed by atoms with Crippen LogP contribution in [0, 0.1) is 0 Å². The van der Waals surface area contributed by atoms with Crippen LogP contribution in [-0.2, 0) is 4.79 Å². The van der Waals surface area contributed by atoms with E-state index in [-0.39, 0.29) is 11.1 Å². The van der Waals surface area contributed by atoms with Crippen LogP contribution in [0.5, 0.6) is 5.75 Å². The Kier molecular flexibility index (Phi) is 3.54. The Balaban J connectivity index is 2.30. The van der Waals surface area contributed by atoms with E-state index in [1.54, 1.807) is 19.3 Å². The normalized spacial score (nSPS) is 17.4. The van der Waals surface area contributed by atoms with Gasteiger partial charge in [-0.3, -0.25) is 14.9 Å². The molecule has 2 rings (SSSR count). The highest BCUT2D eigenvalue weighted by molar-refractivity contribution is 9.10. The van der Waals surface area contributed by atoms with E-state index in [1.807, 2.05) is 12.1 Å². The zero-order valence-corrected chi connectivity index (χ0v) is 11.2. The fourth-order valence-electron chi connectivity index (χ4n) is 1.34. The number of nitrogens with one attached hydrogen (secondary N) is 1. The highest BCUT2D eigenvalue weighted by atomic mass is 79.9. The maximum Gasteiger partial charge on any atom is 0.290 e. The second-order valence-electron chi connectivity index (χ2n) is 3.25. The first-order valence-electron chi connectivity index (χ1n) is 4.68. The number of rotatable bonds is 2. The van der Waals surface area contributed by atoms with Crippen LogP contribution in [-0.4, -0.2) is 18.3 Å². The average Bonchev–Trinajstić information content (AvgIpc) is 2.58. The van der Waals surface area contributed by atoms with E-state index in [4.69, 9.17) is 4.74 Å². The third kappa shape index (κ3) is 2.70. The third-order valence-corrected chi connectivity index (χ3v) is 3.55. The van der Waals surface area contributed by atoms with Crippen molar-refractivity contribution >= 4 is 44.9 Å². The zero-order chi connectivity index (χ0) is 12.4. The number of amides is 2. The molecule has 17 heavy (non-hydrogen) atoms. The molecule has 0 bridgehead atoms. The Morgan fingerprint density at radius 2 is 2.18 bits per heavy atom. The Morgan fingerprint density at radius 1 is 1.41 bits per heavy atom. The van der Waals surface area contributed by atoms with Crippen molar-refractivity contribution in [2.75, 3.05) is 7.11 Å². The SMILES string of the molecule is COc1ccc(C=C2SC(=O)NC2=O)cc1Br. The molecular formula is C11H8BrNO3S. The lowest BCUT2D eigenvalue weighted by molar-refractivity contribution is -0.115. The van der Waals surface area contributed by atoms with Gasteiger partial charge in [-0.2, -0.15) is 0 Å². The second-order valence-corrected chi connectivity index (χ2v) is 5.12. The molecular weight excluding hydrogens is 306 g/mol. The fraction of sp³-hybridized carbons (Fsp3) is 0.0909. The van der Waals surface area contributed by atoms with Crippen molar-refractivity contribution in [3.05, 3.63) is 33.1 Å². The molecule has 0 unspecified atom stereocenters. The molecule has 6 heteroatoms. The topological polar surface area (TPSA) is 55.4 Å². The first-order chi connectivity index (χ1) is 8.10. The molecule has 0 atom stereocenters. The van der Waals surface area contributed by atoms with Gasteiger partial charge >= 0.3 is 0 Å². The summed E-state index contributed by atoms with van der Waals surface area (Å²) in [5.74, 6) is 0.360. The van der Waals surface area contributed by atoms with E-state index < -0.39 is 0 Å². The van der Waals surface area contributed by atoms with Crippen LogP contribution in [0.3, 0.4) is 0 Å². The van der Waals surface area contributed by atoms with Crippen molar-refractivity contribution < 1.29 is 14.3 Å². The minimum atomic E-state index is -0.355. The summed E-state index contributed by atoms with van der Waals surface area (Å²) >= 11 is 4.25. The van der Waals surface area contributed by atoms with E-state index in [1.165, 1.54) is 0 Å². The van der Waals surface area contributed by atoms with Gasteiger partial charge in [-0.1, -0.05) is 6.07 Å². The molecule has 88 valence electrons. The average molecular weight is 314 g/mol. The lowest BCUT2D eigenvalue weighted by Gasteiger charge is -2.03. The molecule has 0 radical (unpaired) electrons. The monoisotopic (exact) mass is 313 g/mol. The summed E-state index contributed by atoms with van der Waals surface area (Å²) in [6, 6.07) is 5.42. The predicted octanol–water partition coefficient (Wildman–Crippen LogP) is 2.78. The van der Waals surface area contributed by atoms with Gasteiger partial charge in [-0.05, 0) is 51.5 Å². The van der Waals surface area contributed by atoms with Crippen LogP contribution in [0.15, 0.2) is 27.6 Å². The summed E-state index contributed by atoms with van der Waals surface area (Å²) in [5, 5.41) is 1.87. The van der Waals surface area contributed by atoms with E-state index in [2.05, 4.69) is 21.2 Å².